The highest BCUT2D eigenvalue weighted by molar-refractivity contribution is 6.36. The molecule has 4 aromatic rings. The van der Waals surface area contributed by atoms with E-state index in [1.165, 1.54) is 25.3 Å². The highest BCUT2D eigenvalue weighted by Crippen LogP contribution is 2.39. The number of hydrogen-bond donors (Lipinski definition) is 2. The van der Waals surface area contributed by atoms with E-state index in [0.29, 0.717) is 52.8 Å². The third kappa shape index (κ3) is 8.21. The molecule has 0 radical (unpaired) electrons. The molecule has 2 fully saturated rings. The molecule has 11 heteroatoms. The lowest BCUT2D eigenvalue weighted by atomic mass is 9.94. The summed E-state index contributed by atoms with van der Waals surface area (Å²) >= 11 is 6.86. The minimum atomic E-state index is -4.54. The number of benzene rings is 3. The van der Waals surface area contributed by atoms with Crippen molar-refractivity contribution in [2.45, 2.75) is 51.6 Å². The molecule has 50 heavy (non-hydrogen) atoms. The number of carbonyl (C=O) groups excluding carboxylic acids is 1. The van der Waals surface area contributed by atoms with E-state index in [9.17, 15) is 23.1 Å². The van der Waals surface area contributed by atoms with Crippen LogP contribution in [0.1, 0.15) is 63.1 Å². The van der Waals surface area contributed by atoms with E-state index < -0.39 is 17.6 Å². The number of halogens is 4. The lowest BCUT2D eigenvalue weighted by Gasteiger charge is -2.20. The third-order valence-electron chi connectivity index (χ3n) is 9.42. The monoisotopic (exact) mass is 704 g/mol. The number of carbonyl (C=O) groups is 1. The molecular formula is C39H40ClF3N4O3. The summed E-state index contributed by atoms with van der Waals surface area (Å²) in [6.07, 6.45) is 2.78. The molecule has 1 aromatic heterocycles. The van der Waals surface area contributed by atoms with E-state index in [2.05, 4.69) is 20.1 Å². The van der Waals surface area contributed by atoms with E-state index in [1.807, 2.05) is 37.3 Å². The molecule has 0 saturated carbocycles. The topological polar surface area (TPSA) is 77.9 Å². The second kappa shape index (κ2) is 15.3. The average molecular weight is 705 g/mol. The Balaban J connectivity index is 1.22. The molecule has 7 nitrogen and oxygen atoms in total. The van der Waals surface area contributed by atoms with E-state index in [-0.39, 0.29) is 17.4 Å². The summed E-state index contributed by atoms with van der Waals surface area (Å²) in [5.74, 6) is 0.0116. The van der Waals surface area contributed by atoms with Gasteiger partial charge in [0.1, 0.15) is 11.4 Å². The maximum Gasteiger partial charge on any atom is 0.417 e. The number of aliphatic hydroxyl groups excluding tert-OH is 1. The SMILES string of the molecule is COc1cc(/C=C/c2cccc(-c3cccc(NC(=O)c4ccc(CN5CC[C@@H](O)C5)cn4)c3Cl)c2C)c(C(F)(F)F)cc1CN1CCCC1. The van der Waals surface area contributed by atoms with Gasteiger partial charge in [-0.25, -0.2) is 0 Å². The lowest BCUT2D eigenvalue weighted by Crippen LogP contribution is -2.21. The van der Waals surface area contributed by atoms with Crippen LogP contribution in [0.5, 0.6) is 5.75 Å². The maximum atomic E-state index is 14.3. The van der Waals surface area contributed by atoms with E-state index in [4.69, 9.17) is 16.3 Å². The number of alkyl halides is 3. The average Bonchev–Trinajstić information content (AvgIpc) is 3.76. The van der Waals surface area contributed by atoms with Crippen molar-refractivity contribution >= 4 is 35.3 Å². The molecule has 6 rings (SSSR count). The molecule has 0 aliphatic carbocycles. The number of β-amino-alcohol motifs (C(OH)–C–C–N with tert-alkyl or cyclic N) is 1. The smallest absolute Gasteiger partial charge is 0.417 e. The second-order valence-corrected chi connectivity index (χ2v) is 13.3. The van der Waals surface area contributed by atoms with Crippen LogP contribution in [0.15, 0.2) is 66.9 Å². The van der Waals surface area contributed by atoms with E-state index >= 15 is 0 Å². The molecular weight excluding hydrogens is 665 g/mol. The summed E-state index contributed by atoms with van der Waals surface area (Å²) in [6.45, 7) is 6.10. The summed E-state index contributed by atoms with van der Waals surface area (Å²) in [5.41, 5.74) is 4.38. The van der Waals surface area contributed by atoms with Crippen molar-refractivity contribution in [2.24, 2.45) is 0 Å². The minimum absolute atomic E-state index is 0.0172. The Morgan fingerprint density at radius 1 is 1.00 bits per heavy atom. The van der Waals surface area contributed by atoms with Crippen molar-refractivity contribution in [1.82, 2.24) is 14.8 Å². The highest BCUT2D eigenvalue weighted by atomic mass is 35.5. The molecule has 1 atom stereocenters. The largest absolute Gasteiger partial charge is 0.496 e. The Morgan fingerprint density at radius 2 is 1.74 bits per heavy atom. The van der Waals surface area contributed by atoms with Crippen LogP contribution in [-0.2, 0) is 19.3 Å². The Bertz CT molecular complexity index is 1870. The van der Waals surface area contributed by atoms with Crippen molar-refractivity contribution in [3.63, 3.8) is 0 Å². The second-order valence-electron chi connectivity index (χ2n) is 12.9. The molecule has 2 saturated heterocycles. The number of hydrogen-bond acceptors (Lipinski definition) is 6. The van der Waals surface area contributed by atoms with Gasteiger partial charge in [-0.1, -0.05) is 60.2 Å². The van der Waals surface area contributed by atoms with Crippen molar-refractivity contribution in [3.8, 4) is 16.9 Å². The predicted molar refractivity (Wildman–Crippen MR) is 191 cm³/mol. The summed E-state index contributed by atoms with van der Waals surface area (Å²) in [4.78, 5) is 21.8. The first-order valence-electron chi connectivity index (χ1n) is 16.7. The number of ether oxygens (including phenoxy) is 1. The van der Waals surface area contributed by atoms with Crippen LogP contribution in [0.2, 0.25) is 5.02 Å². The van der Waals surface area contributed by atoms with Crippen LogP contribution < -0.4 is 10.1 Å². The zero-order chi connectivity index (χ0) is 35.4. The first-order valence-corrected chi connectivity index (χ1v) is 17.1. The van der Waals surface area contributed by atoms with Crippen molar-refractivity contribution < 1.29 is 27.8 Å². The zero-order valence-electron chi connectivity index (χ0n) is 28.1. The molecule has 2 aliphatic rings. The Morgan fingerprint density at radius 3 is 2.42 bits per heavy atom. The van der Waals surface area contributed by atoms with E-state index in [1.54, 1.807) is 30.5 Å². The van der Waals surface area contributed by atoms with Gasteiger partial charge in [0.15, 0.2) is 0 Å². The predicted octanol–water partition coefficient (Wildman–Crippen LogP) is 8.32. The number of nitrogens with zero attached hydrogens (tertiary/aromatic N) is 3. The third-order valence-corrected chi connectivity index (χ3v) is 9.82. The normalized spacial score (nSPS) is 17.1. The maximum absolute atomic E-state index is 14.3. The minimum Gasteiger partial charge on any atom is -0.496 e. The fourth-order valence-corrected chi connectivity index (χ4v) is 6.99. The number of amides is 1. The fraction of sp³-hybridized carbons (Fsp3) is 0.333. The number of aliphatic hydroxyl groups is 1. The molecule has 0 bridgehead atoms. The molecule has 3 aromatic carbocycles. The molecule has 1 amide bonds. The van der Waals surface area contributed by atoms with Crippen molar-refractivity contribution in [2.75, 3.05) is 38.6 Å². The van der Waals surface area contributed by atoms with Crippen LogP contribution in [0.4, 0.5) is 18.9 Å². The van der Waals surface area contributed by atoms with Gasteiger partial charge in [0.25, 0.3) is 5.91 Å². The lowest BCUT2D eigenvalue weighted by molar-refractivity contribution is -0.137. The van der Waals surface area contributed by atoms with Crippen LogP contribution >= 0.6 is 11.6 Å². The Kier molecular flexibility index (Phi) is 10.9. The van der Waals surface area contributed by atoms with Crippen LogP contribution in [0.3, 0.4) is 0 Å². The van der Waals surface area contributed by atoms with Gasteiger partial charge in [-0.2, -0.15) is 13.2 Å². The number of rotatable bonds is 10. The molecule has 0 spiro atoms. The molecule has 2 aliphatic heterocycles. The fourth-order valence-electron chi connectivity index (χ4n) is 6.71. The first kappa shape index (κ1) is 35.6. The van der Waals surface area contributed by atoms with Crippen molar-refractivity contribution in [1.29, 1.82) is 0 Å². The molecule has 0 unspecified atom stereocenters. The number of pyridine rings is 1. The van der Waals surface area contributed by atoms with Gasteiger partial charge >= 0.3 is 6.18 Å². The molecule has 262 valence electrons. The van der Waals surface area contributed by atoms with Gasteiger partial charge in [0, 0.05) is 43.5 Å². The van der Waals surface area contributed by atoms with Crippen molar-refractivity contribution in [3.05, 3.63) is 111 Å². The summed E-state index contributed by atoms with van der Waals surface area (Å²) in [7, 11) is 1.48. The summed E-state index contributed by atoms with van der Waals surface area (Å²) in [5, 5.41) is 13.0. The summed E-state index contributed by atoms with van der Waals surface area (Å²) < 4.78 is 48.5. The first-order chi connectivity index (χ1) is 24.0. The Labute approximate surface area is 295 Å². The number of methoxy groups -OCH3 is 1. The standard InChI is InChI=1S/C39H40ClF3N4O3/c1-25-27(12-13-28-20-36(50-2)29(19-33(28)39(41,42)43)23-46-16-3-4-17-46)7-5-8-31(25)32-9-6-10-34(37(32)40)45-38(49)35-14-11-26(21-44-35)22-47-18-15-30(48)24-47/h5-14,19-21,30,48H,3-4,15-18,22-24H2,1-2H3,(H,45,49)/b13-12+/t30-/m1/s1. The zero-order valence-corrected chi connectivity index (χ0v) is 28.8. The summed E-state index contributed by atoms with van der Waals surface area (Å²) in [6, 6.07) is 17.1. The number of aromatic nitrogens is 1. The number of anilines is 1. The highest BCUT2D eigenvalue weighted by Gasteiger charge is 2.34. The van der Waals surface area contributed by atoms with Gasteiger partial charge in [-0.3, -0.25) is 19.6 Å². The Hall–Kier alpha value is -4.22. The number of likely N-dealkylation sites (tertiary alicyclic amines) is 2. The quantitative estimate of drug-likeness (QED) is 0.162. The molecule has 3 heterocycles. The van der Waals surface area contributed by atoms with Crippen LogP contribution in [-0.4, -0.2) is 65.2 Å². The number of nitrogens with one attached hydrogen (secondary N) is 1. The van der Waals surface area contributed by atoms with E-state index in [0.717, 1.165) is 55.6 Å². The van der Waals surface area contributed by atoms with Crippen LogP contribution in [0.25, 0.3) is 23.3 Å². The van der Waals surface area contributed by atoms with Gasteiger partial charge in [0.2, 0.25) is 0 Å². The van der Waals surface area contributed by atoms with Gasteiger partial charge in [-0.15, -0.1) is 0 Å². The van der Waals surface area contributed by atoms with Crippen LogP contribution in [0, 0.1) is 6.92 Å². The van der Waals surface area contributed by atoms with Gasteiger partial charge in [-0.05, 0) is 91.4 Å². The van der Waals surface area contributed by atoms with Gasteiger partial charge in [0.05, 0.1) is 29.5 Å². The van der Waals surface area contributed by atoms with Gasteiger partial charge < -0.3 is 15.2 Å². The molecule has 2 N–H and O–H groups in total.